The average Bonchev–Trinajstić information content (AvgIpc) is 2.59. The number of carbonyl (C=O) groups is 1. The van der Waals surface area contributed by atoms with E-state index in [1.54, 1.807) is 0 Å². The first-order valence-corrected chi connectivity index (χ1v) is 9.98. The number of amides is 1. The lowest BCUT2D eigenvalue weighted by atomic mass is 9.84. The van der Waals surface area contributed by atoms with E-state index >= 15 is 0 Å². The van der Waals surface area contributed by atoms with Crippen LogP contribution in [0, 0.1) is 0 Å². The third kappa shape index (κ3) is 6.12. The van der Waals surface area contributed by atoms with Crippen LogP contribution >= 0.6 is 0 Å². The Morgan fingerprint density at radius 3 is 2.28 bits per heavy atom. The summed E-state index contributed by atoms with van der Waals surface area (Å²) in [6, 6.07) is 11.3. The van der Waals surface area contributed by atoms with Gasteiger partial charge in [-0.1, -0.05) is 62.4 Å². The smallest absolute Gasteiger partial charge is 0.246 e. The van der Waals surface area contributed by atoms with E-state index in [0.717, 1.165) is 12.0 Å². The molecule has 0 aliphatic heterocycles. The molecule has 0 radical (unpaired) electrons. The second-order valence-corrected chi connectivity index (χ2v) is 7.54. The molecule has 0 bridgehead atoms. The summed E-state index contributed by atoms with van der Waals surface area (Å²) in [5, 5.41) is 6.95. The van der Waals surface area contributed by atoms with Gasteiger partial charge in [0.1, 0.15) is 6.61 Å². The summed E-state index contributed by atoms with van der Waals surface area (Å²) in [4.78, 5) is 12.1. The third-order valence-electron chi connectivity index (χ3n) is 5.52. The predicted octanol–water partition coefficient (Wildman–Crippen LogP) is 3.55. The minimum absolute atomic E-state index is 0.00472. The van der Waals surface area contributed by atoms with Crippen molar-refractivity contribution >= 4 is 5.91 Å². The highest BCUT2D eigenvalue weighted by molar-refractivity contribution is 5.77. The normalized spacial score (nSPS) is 24.8. The Labute approximate surface area is 151 Å². The summed E-state index contributed by atoms with van der Waals surface area (Å²) in [7, 11) is 0. The molecular weight excluding hydrogens is 312 g/mol. The lowest BCUT2D eigenvalue weighted by Crippen LogP contribution is -2.59. The molecule has 2 aliphatic carbocycles. The zero-order valence-electron chi connectivity index (χ0n) is 15.2. The first kappa shape index (κ1) is 18.4. The second kappa shape index (κ2) is 9.93. The summed E-state index contributed by atoms with van der Waals surface area (Å²) in [5.41, 5.74) is 1.10. The molecule has 3 rings (SSSR count). The Balaban J connectivity index is 1.33. The number of benzene rings is 1. The molecule has 0 heterocycles. The fourth-order valence-electron chi connectivity index (χ4n) is 3.88. The largest absolute Gasteiger partial charge is 0.367 e. The van der Waals surface area contributed by atoms with Gasteiger partial charge in [0.2, 0.25) is 5.91 Å². The first-order chi connectivity index (χ1) is 12.3. The molecule has 0 aromatic heterocycles. The van der Waals surface area contributed by atoms with Gasteiger partial charge in [-0.3, -0.25) is 4.79 Å². The minimum atomic E-state index is 0.00472. The van der Waals surface area contributed by atoms with Crippen LogP contribution in [0.5, 0.6) is 0 Å². The van der Waals surface area contributed by atoms with E-state index in [0.29, 0.717) is 18.7 Å². The number of nitrogens with one attached hydrogen (secondary N) is 2. The molecule has 1 amide bonds. The molecule has 2 N–H and O–H groups in total. The number of carbonyl (C=O) groups excluding carboxylic acids is 1. The Morgan fingerprint density at radius 2 is 1.60 bits per heavy atom. The summed E-state index contributed by atoms with van der Waals surface area (Å²) in [6.07, 6.45) is 11.7. The number of hydrogen-bond acceptors (Lipinski definition) is 3. The van der Waals surface area contributed by atoms with E-state index < -0.39 is 0 Å². The van der Waals surface area contributed by atoms with Crippen LogP contribution in [0.25, 0.3) is 0 Å². The van der Waals surface area contributed by atoms with Crippen LogP contribution in [-0.4, -0.2) is 30.6 Å². The molecule has 1 aromatic carbocycles. The second-order valence-electron chi connectivity index (χ2n) is 7.54. The van der Waals surface area contributed by atoms with Crippen LogP contribution < -0.4 is 10.6 Å². The summed E-state index contributed by atoms with van der Waals surface area (Å²) in [6.45, 7) is 0.629. The Bertz CT molecular complexity index is 512. The van der Waals surface area contributed by atoms with Gasteiger partial charge >= 0.3 is 0 Å². The van der Waals surface area contributed by atoms with Crippen molar-refractivity contribution in [2.24, 2.45) is 0 Å². The van der Waals surface area contributed by atoms with Crippen LogP contribution in [0.3, 0.4) is 0 Å². The van der Waals surface area contributed by atoms with Gasteiger partial charge in [-0.2, -0.15) is 0 Å². The van der Waals surface area contributed by atoms with E-state index in [1.165, 1.54) is 51.4 Å². The lowest BCUT2D eigenvalue weighted by molar-refractivity contribution is -0.127. The van der Waals surface area contributed by atoms with Crippen LogP contribution in [0.1, 0.15) is 63.4 Å². The van der Waals surface area contributed by atoms with Gasteiger partial charge in [0.15, 0.2) is 0 Å². The fourth-order valence-corrected chi connectivity index (χ4v) is 3.88. The summed E-state index contributed by atoms with van der Waals surface area (Å²) < 4.78 is 5.53. The van der Waals surface area contributed by atoms with Gasteiger partial charge in [0, 0.05) is 18.1 Å². The Morgan fingerprint density at radius 1 is 0.920 bits per heavy atom. The maximum Gasteiger partial charge on any atom is 0.246 e. The highest BCUT2D eigenvalue weighted by Gasteiger charge is 2.33. The highest BCUT2D eigenvalue weighted by atomic mass is 16.5. The van der Waals surface area contributed by atoms with E-state index in [1.807, 2.05) is 30.3 Å². The number of hydrogen-bond donors (Lipinski definition) is 2. The maximum atomic E-state index is 12.1. The van der Waals surface area contributed by atoms with Gasteiger partial charge in [-0.25, -0.2) is 0 Å². The van der Waals surface area contributed by atoms with Gasteiger partial charge in [-0.05, 0) is 31.2 Å². The van der Waals surface area contributed by atoms with Gasteiger partial charge in [-0.15, -0.1) is 0 Å². The van der Waals surface area contributed by atoms with E-state index in [2.05, 4.69) is 10.6 Å². The van der Waals surface area contributed by atoms with Gasteiger partial charge in [0.05, 0.1) is 6.61 Å². The molecule has 2 aliphatic rings. The SMILES string of the molecule is O=C(COCc1ccccc1)N[C@H]1CC[C@H]1NC1CCCCCCC1. The van der Waals surface area contributed by atoms with Crippen LogP contribution in [0.15, 0.2) is 30.3 Å². The van der Waals surface area contributed by atoms with Crippen LogP contribution in [0.4, 0.5) is 0 Å². The maximum absolute atomic E-state index is 12.1. The molecule has 4 nitrogen and oxygen atoms in total. The quantitative estimate of drug-likeness (QED) is 0.795. The molecule has 1 aromatic rings. The van der Waals surface area contributed by atoms with Gasteiger partial charge < -0.3 is 15.4 Å². The zero-order valence-corrected chi connectivity index (χ0v) is 15.2. The monoisotopic (exact) mass is 344 g/mol. The van der Waals surface area contributed by atoms with E-state index in [-0.39, 0.29) is 18.6 Å². The van der Waals surface area contributed by atoms with Gasteiger partial charge in [0.25, 0.3) is 0 Å². The molecule has 2 fully saturated rings. The number of ether oxygens (including phenoxy) is 1. The fraction of sp³-hybridized carbons (Fsp3) is 0.667. The summed E-state index contributed by atoms with van der Waals surface area (Å²) in [5.74, 6) is 0.00472. The van der Waals surface area contributed by atoms with Crippen molar-refractivity contribution in [1.29, 1.82) is 0 Å². The lowest BCUT2D eigenvalue weighted by Gasteiger charge is -2.40. The molecule has 0 saturated heterocycles. The average molecular weight is 344 g/mol. The van der Waals surface area contributed by atoms with Crippen LogP contribution in [-0.2, 0) is 16.1 Å². The topological polar surface area (TPSA) is 50.4 Å². The van der Waals surface area contributed by atoms with Crippen molar-refractivity contribution in [3.63, 3.8) is 0 Å². The molecule has 0 unspecified atom stereocenters. The predicted molar refractivity (Wildman–Crippen MR) is 100 cm³/mol. The van der Waals surface area contributed by atoms with Crippen LogP contribution in [0.2, 0.25) is 0 Å². The molecule has 2 saturated carbocycles. The molecule has 138 valence electrons. The Kier molecular flexibility index (Phi) is 7.31. The molecule has 4 heteroatoms. The summed E-state index contributed by atoms with van der Waals surface area (Å²) >= 11 is 0. The van der Waals surface area contributed by atoms with Crippen molar-refractivity contribution < 1.29 is 9.53 Å². The zero-order chi connectivity index (χ0) is 17.3. The molecular formula is C21H32N2O2. The van der Waals surface area contributed by atoms with E-state index in [9.17, 15) is 4.79 Å². The van der Waals surface area contributed by atoms with Crippen molar-refractivity contribution in [1.82, 2.24) is 10.6 Å². The first-order valence-electron chi connectivity index (χ1n) is 9.98. The van der Waals surface area contributed by atoms with Crippen molar-refractivity contribution in [3.05, 3.63) is 35.9 Å². The third-order valence-corrected chi connectivity index (χ3v) is 5.52. The highest BCUT2D eigenvalue weighted by Crippen LogP contribution is 2.24. The van der Waals surface area contributed by atoms with Crippen molar-refractivity contribution in [3.8, 4) is 0 Å². The standard InChI is InChI=1S/C21H32N2O2/c24-21(16-25-15-17-9-5-4-6-10-17)23-20-14-13-19(20)22-18-11-7-2-1-3-8-12-18/h4-6,9-10,18-20,22H,1-3,7-8,11-16H2,(H,23,24)/t19-,20+/m1/s1. The molecule has 25 heavy (non-hydrogen) atoms. The van der Waals surface area contributed by atoms with Crippen molar-refractivity contribution in [2.45, 2.75) is 82.5 Å². The Hall–Kier alpha value is -1.39. The van der Waals surface area contributed by atoms with Crippen molar-refractivity contribution in [2.75, 3.05) is 6.61 Å². The molecule has 0 spiro atoms. The molecule has 2 atom stereocenters. The number of rotatable bonds is 7. The minimum Gasteiger partial charge on any atom is -0.367 e. The van der Waals surface area contributed by atoms with E-state index in [4.69, 9.17) is 4.74 Å².